The monoisotopic (exact) mass is 1050 g/mol. The molecule has 5 fully saturated rings. The molecule has 0 radical (unpaired) electrons. The summed E-state index contributed by atoms with van der Waals surface area (Å²) in [4.78, 5) is 25.8. The second-order valence-electron chi connectivity index (χ2n) is 18.3. The van der Waals surface area contributed by atoms with Gasteiger partial charge in [-0.15, -0.1) is 0 Å². The van der Waals surface area contributed by atoms with E-state index in [0.717, 1.165) is 6.92 Å². The van der Waals surface area contributed by atoms with Crippen LogP contribution in [0.3, 0.4) is 0 Å². The largest absolute Gasteiger partial charge is 0.477 e. The summed E-state index contributed by atoms with van der Waals surface area (Å²) < 4.78 is 57.9. The lowest BCUT2D eigenvalue weighted by Crippen LogP contribution is -2.70. The maximum Gasteiger partial charge on any atom is 0.364 e. The zero-order valence-corrected chi connectivity index (χ0v) is 38.8. The summed E-state index contributed by atoms with van der Waals surface area (Å²) in [5, 5.41) is 174. The molecule has 5 aliphatic rings. The third-order valence-electron chi connectivity index (χ3n) is 13.3. The van der Waals surface area contributed by atoms with Crippen LogP contribution in [-0.2, 0) is 63.6 Å². The van der Waals surface area contributed by atoms with Gasteiger partial charge in [-0.3, -0.25) is 4.79 Å². The molecule has 0 bridgehead atoms. The molecule has 0 spiro atoms. The third kappa shape index (κ3) is 12.7. The number of amides is 1. The van der Waals surface area contributed by atoms with E-state index in [1.807, 2.05) is 0 Å². The van der Waals surface area contributed by atoms with Crippen LogP contribution in [0.2, 0.25) is 0 Å². The van der Waals surface area contributed by atoms with Gasteiger partial charge in [0.1, 0.15) is 110 Å². The predicted octanol–water partition coefficient (Wildman–Crippen LogP) is -9.08. The Labute approximate surface area is 410 Å². The van der Waals surface area contributed by atoms with Crippen molar-refractivity contribution in [3.8, 4) is 0 Å². The number of carbonyl (C=O) groups is 2. The van der Waals surface area contributed by atoms with Crippen LogP contribution in [0.15, 0.2) is 30.3 Å². The minimum atomic E-state index is -2.90. The van der Waals surface area contributed by atoms with E-state index in [9.17, 15) is 91.3 Å². The van der Waals surface area contributed by atoms with E-state index in [1.165, 1.54) is 6.92 Å². The van der Waals surface area contributed by atoms with Crippen molar-refractivity contribution in [2.24, 2.45) is 5.92 Å². The first kappa shape index (κ1) is 58.4. The highest BCUT2D eigenvalue weighted by molar-refractivity contribution is 5.76. The van der Waals surface area contributed by atoms with Crippen LogP contribution in [0.25, 0.3) is 0 Å². The van der Waals surface area contributed by atoms with Gasteiger partial charge in [-0.2, -0.15) is 0 Å². The molecule has 1 aromatic carbocycles. The molecule has 412 valence electrons. The number of carboxylic acid groups (broad SMARTS) is 1. The molecule has 26 atom stereocenters. The van der Waals surface area contributed by atoms with Crippen LogP contribution in [0.5, 0.6) is 0 Å². The maximum absolute atomic E-state index is 12.9. The van der Waals surface area contributed by atoms with Crippen molar-refractivity contribution < 1.29 is 139 Å². The molecule has 17 N–H and O–H groups in total. The number of nitrogens with one attached hydrogen (secondary N) is 1. The smallest absolute Gasteiger partial charge is 0.364 e. The number of benzene rings is 1. The first-order chi connectivity index (χ1) is 34.1. The fourth-order valence-corrected chi connectivity index (χ4v) is 9.07. The van der Waals surface area contributed by atoms with Crippen LogP contribution in [-0.4, -0.2) is 280 Å². The van der Waals surface area contributed by atoms with Crippen molar-refractivity contribution in [3.63, 3.8) is 0 Å². The summed E-state index contributed by atoms with van der Waals surface area (Å²) in [5.74, 6) is -6.77. The fourth-order valence-electron chi connectivity index (χ4n) is 9.07. The Hall–Kier alpha value is -2.84. The quantitative estimate of drug-likeness (QED) is 0.0577. The van der Waals surface area contributed by atoms with Crippen molar-refractivity contribution >= 4 is 11.9 Å². The molecule has 1 amide bonds. The van der Waals surface area contributed by atoms with E-state index in [4.69, 9.17) is 47.4 Å². The van der Waals surface area contributed by atoms with Gasteiger partial charge in [0.05, 0.1) is 51.8 Å². The normalized spacial score (nSPS) is 44.7. The van der Waals surface area contributed by atoms with Gasteiger partial charge in [0.25, 0.3) is 5.79 Å². The van der Waals surface area contributed by atoms with Crippen LogP contribution in [0.1, 0.15) is 25.8 Å². The lowest BCUT2D eigenvalue weighted by atomic mass is 9.84. The number of aliphatic carboxylic acids is 1. The average molecular weight is 1050 g/mol. The summed E-state index contributed by atoms with van der Waals surface area (Å²) in [7, 11) is 0. The highest BCUT2D eigenvalue weighted by Crippen LogP contribution is 2.39. The molecule has 72 heavy (non-hydrogen) atoms. The minimum Gasteiger partial charge on any atom is -0.477 e. The van der Waals surface area contributed by atoms with E-state index < -0.39 is 210 Å². The lowest BCUT2D eigenvalue weighted by Gasteiger charge is -2.50. The van der Waals surface area contributed by atoms with E-state index in [0.29, 0.717) is 5.56 Å². The van der Waals surface area contributed by atoms with Crippen molar-refractivity contribution in [3.05, 3.63) is 35.9 Å². The Kier molecular flexibility index (Phi) is 20.6. The molecule has 0 aromatic heterocycles. The van der Waals surface area contributed by atoms with Gasteiger partial charge in [0.2, 0.25) is 5.91 Å². The number of hydrogen-bond donors (Lipinski definition) is 17. The van der Waals surface area contributed by atoms with E-state index in [1.54, 1.807) is 30.3 Å². The summed E-state index contributed by atoms with van der Waals surface area (Å²) in [6, 6.07) is 6.81. The molecular weight excluding hydrogens is 978 g/mol. The second-order valence-corrected chi connectivity index (χ2v) is 18.3. The first-order valence-corrected chi connectivity index (χ1v) is 23.1. The highest BCUT2D eigenvalue weighted by Gasteiger charge is 2.59. The van der Waals surface area contributed by atoms with Crippen LogP contribution < -0.4 is 5.32 Å². The molecule has 6 rings (SSSR count). The molecule has 5 heterocycles. The summed E-state index contributed by atoms with van der Waals surface area (Å²) in [6.07, 6.45) is -44.5. The second kappa shape index (κ2) is 25.3. The maximum atomic E-state index is 12.9. The Morgan fingerprint density at radius 3 is 1.81 bits per heavy atom. The molecule has 29 heteroatoms. The van der Waals surface area contributed by atoms with Crippen molar-refractivity contribution in [2.45, 2.75) is 180 Å². The van der Waals surface area contributed by atoms with Crippen molar-refractivity contribution in [2.75, 3.05) is 33.0 Å². The van der Waals surface area contributed by atoms with E-state index in [2.05, 4.69) is 5.32 Å². The molecule has 0 saturated carbocycles. The molecule has 0 aliphatic carbocycles. The van der Waals surface area contributed by atoms with Gasteiger partial charge in [-0.1, -0.05) is 37.3 Å². The first-order valence-electron chi connectivity index (χ1n) is 23.1. The van der Waals surface area contributed by atoms with Gasteiger partial charge in [-0.05, 0) is 5.56 Å². The number of aliphatic hydroxyl groups is 15. The van der Waals surface area contributed by atoms with Gasteiger partial charge < -0.3 is 134 Å². The summed E-state index contributed by atoms with van der Waals surface area (Å²) >= 11 is 0. The molecule has 5 aliphatic heterocycles. The molecule has 29 nitrogen and oxygen atoms in total. The number of carbonyl (C=O) groups excluding carboxylic acids is 1. The Bertz CT molecular complexity index is 1860. The van der Waals surface area contributed by atoms with Gasteiger partial charge in [0, 0.05) is 19.3 Å². The van der Waals surface area contributed by atoms with Crippen LogP contribution in [0.4, 0.5) is 0 Å². The molecule has 5 saturated heterocycles. The predicted molar refractivity (Wildman–Crippen MR) is 227 cm³/mol. The number of carboxylic acids is 1. The fraction of sp³-hybridized carbons (Fsp3) is 0.814. The number of ether oxygens (including phenoxy) is 10. The zero-order valence-electron chi connectivity index (χ0n) is 38.8. The van der Waals surface area contributed by atoms with Gasteiger partial charge in [-0.25, -0.2) is 4.79 Å². The molecular formula is C43H67NO28. The summed E-state index contributed by atoms with van der Waals surface area (Å²) in [6.45, 7) is -2.67. The van der Waals surface area contributed by atoms with Gasteiger partial charge >= 0.3 is 5.97 Å². The standard InChI is InChI=1S/C43H67NO28/c1-15-18(50)8-43(42(61)62,72-34(15)25(52)19(51)9-45)64-14-23-28(55)36(70-40-31(58)29(56)26(53)20(10-46)65-40)24(44-16(2)49)38(68-23)71-37-27(54)21(11-47)66-41(33(37)60)69-35-22(12-48)67-39(32(59)30(35)57)63-13-17-6-4-3-5-7-17/h3-7,15,18-41,45-48,50-60H,8-14H2,1-2H3,(H,44,49)(H,61,62)/t15-,18-,19-,20?,21?,22?,23?,24?,25-,26+,27+,28-,29+,30-,31?,32?,33?,34?,35-,36-,37+,38+,39-,40+,41+,43-/m1/s1. The Balaban J connectivity index is 1.30. The third-order valence-corrected chi connectivity index (χ3v) is 13.3. The van der Waals surface area contributed by atoms with Crippen molar-refractivity contribution in [1.82, 2.24) is 5.32 Å². The van der Waals surface area contributed by atoms with E-state index in [-0.39, 0.29) is 6.61 Å². The summed E-state index contributed by atoms with van der Waals surface area (Å²) in [5.41, 5.74) is 0.672. The van der Waals surface area contributed by atoms with Crippen LogP contribution >= 0.6 is 0 Å². The Morgan fingerprint density at radius 1 is 0.667 bits per heavy atom. The Morgan fingerprint density at radius 2 is 1.21 bits per heavy atom. The van der Waals surface area contributed by atoms with Gasteiger partial charge in [0.15, 0.2) is 25.2 Å². The minimum absolute atomic E-state index is 0.0860. The number of aliphatic hydroxyl groups excluding tert-OH is 15. The molecule has 1 aromatic rings. The topological polar surface area (TPSA) is 462 Å². The SMILES string of the molecule is CC(=O)NC1[C@H](O[C@@H]2C(O)[C@H](O[C@@H]3C(CO)O[C@@H](OCc4ccccc4)C(O)[C@H]3O)OC(CO)[C@@H]2O)OC(CO[C@]2(C(=O)O)C[C@@H](O)[C@@H](C)C([C@H](O)[C@H](O)CO)O2)[C@@H](O)[C@@H]1O[C@@H]1OC(CO)[C@H](O)[C@H](O)C1O. The zero-order chi connectivity index (χ0) is 52.9. The van der Waals surface area contributed by atoms with Crippen LogP contribution in [0, 0.1) is 5.92 Å². The van der Waals surface area contributed by atoms with E-state index >= 15 is 0 Å². The number of rotatable bonds is 20. The number of hydrogen-bond acceptors (Lipinski definition) is 27. The van der Waals surface area contributed by atoms with Crippen molar-refractivity contribution in [1.29, 1.82) is 0 Å². The average Bonchev–Trinajstić information content (AvgIpc) is 3.36. The molecule has 9 unspecified atom stereocenters. The lowest BCUT2D eigenvalue weighted by molar-refractivity contribution is -0.384. The highest BCUT2D eigenvalue weighted by atomic mass is 16.8.